The Morgan fingerprint density at radius 3 is 1.89 bits per heavy atom. The van der Waals surface area contributed by atoms with Gasteiger partial charge in [-0.15, -0.1) is 0 Å². The number of hydrogen-bond acceptors (Lipinski definition) is 4. The zero-order valence-electron chi connectivity index (χ0n) is 11.4. The number of hydrogen-bond donors (Lipinski definition) is 0. The summed E-state index contributed by atoms with van der Waals surface area (Å²) in [7, 11) is 4.66. The van der Waals surface area contributed by atoms with E-state index in [9.17, 15) is 18.3 Å². The van der Waals surface area contributed by atoms with Gasteiger partial charge < -0.3 is 14.4 Å². The standard InChI is InChI=1S/C9H6O4S.C4H12N/c10-9(11)6-7-14(12,13)8-4-2-1-3-5-8;1-5(2,3)4/h1-5H,(H,10,11);1-4H3/q;+1/p-1. The van der Waals surface area contributed by atoms with Gasteiger partial charge in [-0.2, -0.15) is 0 Å². The van der Waals surface area contributed by atoms with Crippen LogP contribution in [-0.2, 0) is 14.6 Å². The van der Waals surface area contributed by atoms with Crippen molar-refractivity contribution in [3.05, 3.63) is 30.3 Å². The van der Waals surface area contributed by atoms with Gasteiger partial charge in [-0.25, -0.2) is 8.42 Å². The molecule has 1 aromatic rings. The smallest absolute Gasteiger partial charge is 0.245 e. The highest BCUT2D eigenvalue weighted by molar-refractivity contribution is 7.96. The summed E-state index contributed by atoms with van der Waals surface area (Å²) in [5, 5.41) is 11.6. The summed E-state index contributed by atoms with van der Waals surface area (Å²) in [4.78, 5) is 9.89. The van der Waals surface area contributed by atoms with Crippen LogP contribution in [0.3, 0.4) is 0 Å². The van der Waals surface area contributed by atoms with Crippen LogP contribution < -0.4 is 5.11 Å². The molecule has 5 nitrogen and oxygen atoms in total. The number of carboxylic acid groups (broad SMARTS) is 1. The van der Waals surface area contributed by atoms with Crippen molar-refractivity contribution in [3.8, 4) is 11.2 Å². The third-order valence-electron chi connectivity index (χ3n) is 1.34. The normalized spacial score (nSPS) is 10.5. The van der Waals surface area contributed by atoms with Crippen molar-refractivity contribution >= 4 is 15.8 Å². The van der Waals surface area contributed by atoms with Crippen LogP contribution in [0.5, 0.6) is 0 Å². The first-order valence-corrected chi connectivity index (χ1v) is 6.83. The number of aliphatic carboxylic acids is 1. The Balaban J connectivity index is 0.000000555. The van der Waals surface area contributed by atoms with Crippen LogP contribution in [0.15, 0.2) is 35.2 Å². The van der Waals surface area contributed by atoms with Crippen LogP contribution in [0.4, 0.5) is 0 Å². The van der Waals surface area contributed by atoms with E-state index in [1.807, 2.05) is 0 Å². The van der Waals surface area contributed by atoms with Gasteiger partial charge in [0.15, 0.2) is 0 Å². The lowest BCUT2D eigenvalue weighted by molar-refractivity contribution is -0.849. The quantitative estimate of drug-likeness (QED) is 0.395. The largest absolute Gasteiger partial charge is 0.537 e. The number of nitrogens with zero attached hydrogens (tertiary/aromatic N) is 1. The van der Waals surface area contributed by atoms with Gasteiger partial charge in [-0.05, 0) is 18.1 Å². The first-order chi connectivity index (χ1) is 8.52. The fourth-order valence-corrected chi connectivity index (χ4v) is 1.62. The van der Waals surface area contributed by atoms with Gasteiger partial charge in [0.25, 0.3) is 0 Å². The van der Waals surface area contributed by atoms with Crippen molar-refractivity contribution in [1.82, 2.24) is 0 Å². The molecule has 0 aliphatic heterocycles. The molecule has 0 fully saturated rings. The van der Waals surface area contributed by atoms with Crippen LogP contribution in [0.2, 0.25) is 0 Å². The van der Waals surface area contributed by atoms with Crippen molar-refractivity contribution in [2.45, 2.75) is 4.90 Å². The molecule has 0 atom stereocenters. The first-order valence-electron chi connectivity index (χ1n) is 5.35. The summed E-state index contributed by atoms with van der Waals surface area (Å²) in [6, 6.07) is 7.35. The van der Waals surface area contributed by atoms with Crippen molar-refractivity contribution in [3.63, 3.8) is 0 Å². The number of carboxylic acids is 1. The van der Waals surface area contributed by atoms with Crippen molar-refractivity contribution in [2.75, 3.05) is 28.2 Å². The lowest BCUT2D eigenvalue weighted by atomic mass is 10.4. The average molecular weight is 283 g/mol. The third kappa shape index (κ3) is 9.83. The van der Waals surface area contributed by atoms with Gasteiger partial charge in [0.1, 0.15) is 5.97 Å². The Hall–Kier alpha value is -1.84. The van der Waals surface area contributed by atoms with Crippen LogP contribution >= 0.6 is 0 Å². The number of sulfone groups is 1. The molecule has 19 heavy (non-hydrogen) atoms. The van der Waals surface area contributed by atoms with E-state index in [1.165, 1.54) is 30.2 Å². The van der Waals surface area contributed by atoms with E-state index in [0.717, 1.165) is 4.48 Å². The highest BCUT2D eigenvalue weighted by Gasteiger charge is 2.08. The molecule has 0 amide bonds. The number of benzene rings is 1. The molecule has 104 valence electrons. The SMILES string of the molecule is C[N+](C)(C)C.O=C([O-])C#CS(=O)(=O)c1ccccc1. The van der Waals surface area contributed by atoms with E-state index in [2.05, 4.69) is 28.2 Å². The zero-order valence-corrected chi connectivity index (χ0v) is 12.2. The van der Waals surface area contributed by atoms with Crippen LogP contribution in [-0.4, -0.2) is 47.1 Å². The van der Waals surface area contributed by atoms with Crippen LogP contribution in [0, 0.1) is 11.2 Å². The maximum atomic E-state index is 11.3. The Bertz CT molecular complexity index is 569. The van der Waals surface area contributed by atoms with Crippen molar-refractivity contribution < 1.29 is 22.8 Å². The van der Waals surface area contributed by atoms with Gasteiger partial charge in [0.2, 0.25) is 9.84 Å². The molecule has 1 rings (SSSR count). The van der Waals surface area contributed by atoms with Gasteiger partial charge in [0.05, 0.1) is 33.1 Å². The van der Waals surface area contributed by atoms with Crippen molar-refractivity contribution in [1.29, 1.82) is 0 Å². The summed E-state index contributed by atoms with van der Waals surface area (Å²) < 4.78 is 23.5. The second-order valence-corrected chi connectivity index (χ2v) is 6.70. The Kier molecular flexibility index (Phi) is 6.25. The van der Waals surface area contributed by atoms with E-state index in [0.29, 0.717) is 0 Å². The highest BCUT2D eigenvalue weighted by Crippen LogP contribution is 2.07. The summed E-state index contributed by atoms with van der Waals surface area (Å²) in [6.45, 7) is 0. The summed E-state index contributed by atoms with van der Waals surface area (Å²) in [5.74, 6) is -0.266. The molecule has 0 N–H and O–H groups in total. The summed E-state index contributed by atoms with van der Waals surface area (Å²) in [6.07, 6.45) is 0. The third-order valence-corrected chi connectivity index (χ3v) is 2.60. The van der Waals surface area contributed by atoms with Crippen LogP contribution in [0.1, 0.15) is 0 Å². The fourth-order valence-electron chi connectivity index (χ4n) is 0.767. The molecule has 0 aliphatic rings. The molecular weight excluding hydrogens is 266 g/mol. The second-order valence-electron chi connectivity index (χ2n) is 5.01. The van der Waals surface area contributed by atoms with E-state index >= 15 is 0 Å². The molecule has 1 aromatic carbocycles. The minimum absolute atomic E-state index is 0.0336. The minimum Gasteiger partial charge on any atom is -0.537 e. The van der Waals surface area contributed by atoms with E-state index in [-0.39, 0.29) is 4.90 Å². The molecule has 6 heteroatoms. The molecule has 0 unspecified atom stereocenters. The summed E-state index contributed by atoms with van der Waals surface area (Å²) in [5.41, 5.74) is 0. The minimum atomic E-state index is -3.84. The van der Waals surface area contributed by atoms with E-state index in [4.69, 9.17) is 0 Å². The lowest BCUT2D eigenvalue weighted by Crippen LogP contribution is -2.27. The fraction of sp³-hybridized carbons (Fsp3) is 0.308. The van der Waals surface area contributed by atoms with Gasteiger partial charge in [-0.1, -0.05) is 18.2 Å². The molecule has 0 bridgehead atoms. The zero-order chi connectivity index (χ0) is 15.1. The van der Waals surface area contributed by atoms with Gasteiger partial charge in [0, 0.05) is 5.25 Å². The summed E-state index contributed by atoms with van der Waals surface area (Å²) >= 11 is 0. The maximum Gasteiger partial charge on any atom is 0.245 e. The second kappa shape index (κ2) is 6.92. The molecular formula is C13H17NO4S. The predicted octanol–water partition coefficient (Wildman–Crippen LogP) is -0.506. The number of carbonyl (C=O) groups excluding carboxylic acids is 1. The molecule has 0 aliphatic carbocycles. The monoisotopic (exact) mass is 283 g/mol. The number of carbonyl (C=O) groups is 1. The molecule has 0 saturated carbocycles. The topological polar surface area (TPSA) is 74.3 Å². The van der Waals surface area contributed by atoms with E-state index in [1.54, 1.807) is 11.3 Å². The van der Waals surface area contributed by atoms with E-state index < -0.39 is 15.8 Å². The molecule has 0 spiro atoms. The first kappa shape index (κ1) is 17.2. The number of rotatable bonds is 1. The van der Waals surface area contributed by atoms with Crippen LogP contribution in [0.25, 0.3) is 0 Å². The highest BCUT2D eigenvalue weighted by atomic mass is 32.2. The Labute approximate surface area is 114 Å². The molecule has 0 radical (unpaired) electrons. The Morgan fingerprint density at radius 2 is 1.53 bits per heavy atom. The predicted molar refractivity (Wildman–Crippen MR) is 70.4 cm³/mol. The lowest BCUT2D eigenvalue weighted by Gasteiger charge is -2.14. The number of quaternary nitrogens is 1. The Morgan fingerprint density at radius 1 is 1.11 bits per heavy atom. The van der Waals surface area contributed by atoms with Gasteiger partial charge >= 0.3 is 0 Å². The average Bonchev–Trinajstić information content (AvgIpc) is 2.26. The van der Waals surface area contributed by atoms with Crippen molar-refractivity contribution in [2.24, 2.45) is 0 Å². The van der Waals surface area contributed by atoms with Gasteiger partial charge in [-0.3, -0.25) is 0 Å². The molecule has 0 saturated heterocycles. The maximum absolute atomic E-state index is 11.3. The molecule has 0 heterocycles. The molecule has 0 aromatic heterocycles.